The van der Waals surface area contributed by atoms with Crippen molar-refractivity contribution in [3.05, 3.63) is 53.3 Å². The van der Waals surface area contributed by atoms with E-state index in [4.69, 9.17) is 4.74 Å². The van der Waals surface area contributed by atoms with Crippen molar-refractivity contribution < 1.29 is 9.53 Å². The topological polar surface area (TPSA) is 26.3 Å². The summed E-state index contributed by atoms with van der Waals surface area (Å²) in [6, 6.07) is 7.58. The monoisotopic (exact) mass is 214 g/mol. The summed E-state index contributed by atoms with van der Waals surface area (Å²) in [5.41, 5.74) is 2.68. The Morgan fingerprint density at radius 3 is 2.88 bits per heavy atom. The maximum Gasteiger partial charge on any atom is 0.150 e. The van der Waals surface area contributed by atoms with Crippen molar-refractivity contribution >= 4 is 11.9 Å². The van der Waals surface area contributed by atoms with Gasteiger partial charge in [0, 0.05) is 17.6 Å². The van der Waals surface area contributed by atoms with Gasteiger partial charge in [0.05, 0.1) is 7.11 Å². The Labute approximate surface area is 95.2 Å². The average molecular weight is 214 g/mol. The molecule has 0 amide bonds. The van der Waals surface area contributed by atoms with Crippen LogP contribution in [-0.4, -0.2) is 13.4 Å². The third-order valence-electron chi connectivity index (χ3n) is 2.75. The Hall–Kier alpha value is -1.83. The summed E-state index contributed by atoms with van der Waals surface area (Å²) in [7, 11) is 1.68. The Bertz CT molecular complexity index is 456. The molecule has 0 bridgehead atoms. The number of hydrogen-bond donors (Lipinski definition) is 0. The second-order valence-corrected chi connectivity index (χ2v) is 3.69. The molecule has 1 aliphatic rings. The highest BCUT2D eigenvalue weighted by Crippen LogP contribution is 2.29. The van der Waals surface area contributed by atoms with Crippen LogP contribution in [0.4, 0.5) is 0 Å². The molecule has 1 aliphatic carbocycles. The fourth-order valence-corrected chi connectivity index (χ4v) is 1.94. The van der Waals surface area contributed by atoms with E-state index in [0.717, 1.165) is 36.0 Å². The minimum atomic E-state index is 0.707. The molecule has 0 saturated carbocycles. The van der Waals surface area contributed by atoms with Crippen molar-refractivity contribution in [2.45, 2.75) is 12.8 Å². The molecule has 1 aromatic rings. The molecule has 0 saturated heterocycles. The third kappa shape index (κ3) is 1.91. The number of allylic oxidation sites excluding steroid dienone is 4. The first-order valence-corrected chi connectivity index (χ1v) is 5.35. The highest BCUT2D eigenvalue weighted by atomic mass is 16.5. The highest BCUT2D eigenvalue weighted by Gasteiger charge is 2.13. The molecule has 2 rings (SSSR count). The predicted octanol–water partition coefficient (Wildman–Crippen LogP) is 3.21. The van der Waals surface area contributed by atoms with Crippen LogP contribution in [0.1, 0.15) is 28.8 Å². The largest absolute Gasteiger partial charge is 0.500 e. The summed E-state index contributed by atoms with van der Waals surface area (Å²) < 4.78 is 5.37. The first-order valence-electron chi connectivity index (χ1n) is 5.35. The molecule has 0 atom stereocenters. The standard InChI is InChI=1S/C14H14O2/c1-16-14-9-5-4-8-13(14)12-7-3-2-6-11(12)10-15/h2-4,6-8,10H,5,9H2,1H3. The lowest BCUT2D eigenvalue weighted by atomic mass is 9.94. The summed E-state index contributed by atoms with van der Waals surface area (Å²) in [6.07, 6.45) is 6.92. The number of hydrogen-bond acceptors (Lipinski definition) is 2. The third-order valence-corrected chi connectivity index (χ3v) is 2.75. The number of carbonyl (C=O) groups is 1. The molecule has 2 heteroatoms. The van der Waals surface area contributed by atoms with E-state index >= 15 is 0 Å². The molecule has 1 aromatic carbocycles. The summed E-state index contributed by atoms with van der Waals surface area (Å²) in [5, 5.41) is 0. The van der Waals surface area contributed by atoms with Crippen LogP contribution in [0.3, 0.4) is 0 Å². The Kier molecular flexibility index (Phi) is 3.20. The molecular formula is C14H14O2. The zero-order valence-corrected chi connectivity index (χ0v) is 9.27. The molecule has 2 nitrogen and oxygen atoms in total. The molecule has 16 heavy (non-hydrogen) atoms. The number of benzene rings is 1. The van der Waals surface area contributed by atoms with Crippen molar-refractivity contribution in [1.29, 1.82) is 0 Å². The van der Waals surface area contributed by atoms with Gasteiger partial charge in [-0.1, -0.05) is 36.4 Å². The van der Waals surface area contributed by atoms with Crippen LogP contribution >= 0.6 is 0 Å². The van der Waals surface area contributed by atoms with E-state index in [0.29, 0.717) is 5.56 Å². The van der Waals surface area contributed by atoms with Gasteiger partial charge in [-0.2, -0.15) is 0 Å². The molecule has 0 N–H and O–H groups in total. The van der Waals surface area contributed by atoms with E-state index in [1.807, 2.05) is 30.3 Å². The quantitative estimate of drug-likeness (QED) is 0.722. The highest BCUT2D eigenvalue weighted by molar-refractivity contribution is 5.89. The van der Waals surface area contributed by atoms with Gasteiger partial charge in [0.2, 0.25) is 0 Å². The van der Waals surface area contributed by atoms with Gasteiger partial charge in [0.25, 0.3) is 0 Å². The molecule has 0 aliphatic heterocycles. The summed E-state index contributed by atoms with van der Waals surface area (Å²) in [6.45, 7) is 0. The van der Waals surface area contributed by atoms with Gasteiger partial charge >= 0.3 is 0 Å². The van der Waals surface area contributed by atoms with Crippen LogP contribution in [0.25, 0.3) is 5.57 Å². The van der Waals surface area contributed by atoms with E-state index in [9.17, 15) is 4.79 Å². The van der Waals surface area contributed by atoms with Crippen molar-refractivity contribution in [2.24, 2.45) is 0 Å². The number of rotatable bonds is 3. The molecule has 0 aromatic heterocycles. The van der Waals surface area contributed by atoms with E-state index in [1.165, 1.54) is 0 Å². The molecular weight excluding hydrogens is 200 g/mol. The lowest BCUT2D eigenvalue weighted by Gasteiger charge is -2.16. The van der Waals surface area contributed by atoms with E-state index in [-0.39, 0.29) is 0 Å². The van der Waals surface area contributed by atoms with Crippen LogP contribution in [-0.2, 0) is 4.74 Å². The van der Waals surface area contributed by atoms with Gasteiger partial charge in [-0.3, -0.25) is 4.79 Å². The van der Waals surface area contributed by atoms with Gasteiger partial charge in [-0.05, 0) is 12.0 Å². The fourth-order valence-electron chi connectivity index (χ4n) is 1.94. The number of carbonyl (C=O) groups excluding carboxylic acids is 1. The molecule has 0 fully saturated rings. The maximum absolute atomic E-state index is 11.0. The molecule has 82 valence electrons. The molecule has 0 spiro atoms. The van der Waals surface area contributed by atoms with Gasteiger partial charge in [0.15, 0.2) is 6.29 Å². The van der Waals surface area contributed by atoms with E-state index < -0.39 is 0 Å². The molecule has 0 radical (unpaired) electrons. The second kappa shape index (κ2) is 4.79. The summed E-state index contributed by atoms with van der Waals surface area (Å²) in [4.78, 5) is 11.0. The van der Waals surface area contributed by atoms with Gasteiger partial charge < -0.3 is 4.74 Å². The minimum absolute atomic E-state index is 0.707. The normalized spacial score (nSPS) is 15.1. The summed E-state index contributed by atoms with van der Waals surface area (Å²) in [5.74, 6) is 0.955. The van der Waals surface area contributed by atoms with Gasteiger partial charge in [-0.15, -0.1) is 0 Å². The lowest BCUT2D eigenvalue weighted by molar-refractivity contribution is 0.112. The number of methoxy groups -OCH3 is 1. The van der Waals surface area contributed by atoms with Gasteiger partial charge in [-0.25, -0.2) is 0 Å². The SMILES string of the molecule is COC1=C(c2ccccc2C=O)C=CCC1. The lowest BCUT2D eigenvalue weighted by Crippen LogP contribution is -1.99. The smallest absolute Gasteiger partial charge is 0.150 e. The first kappa shape index (κ1) is 10.7. The van der Waals surface area contributed by atoms with Crippen LogP contribution in [0, 0.1) is 0 Å². The average Bonchev–Trinajstić information content (AvgIpc) is 2.38. The minimum Gasteiger partial charge on any atom is -0.500 e. The van der Waals surface area contributed by atoms with E-state index in [2.05, 4.69) is 6.08 Å². The van der Waals surface area contributed by atoms with Crippen molar-refractivity contribution in [2.75, 3.05) is 7.11 Å². The Balaban J connectivity index is 2.54. The van der Waals surface area contributed by atoms with Crippen molar-refractivity contribution in [3.63, 3.8) is 0 Å². The van der Waals surface area contributed by atoms with E-state index in [1.54, 1.807) is 7.11 Å². The molecule has 0 unspecified atom stereocenters. The Morgan fingerprint density at radius 2 is 2.12 bits per heavy atom. The number of aldehydes is 1. The zero-order valence-electron chi connectivity index (χ0n) is 9.27. The predicted molar refractivity (Wildman–Crippen MR) is 64.1 cm³/mol. The maximum atomic E-state index is 11.0. The number of ether oxygens (including phenoxy) is 1. The first-order chi connectivity index (χ1) is 7.86. The molecule has 0 heterocycles. The van der Waals surface area contributed by atoms with Crippen LogP contribution < -0.4 is 0 Å². The zero-order chi connectivity index (χ0) is 11.4. The van der Waals surface area contributed by atoms with Crippen LogP contribution in [0.5, 0.6) is 0 Å². The summed E-state index contributed by atoms with van der Waals surface area (Å²) >= 11 is 0. The van der Waals surface area contributed by atoms with Crippen molar-refractivity contribution in [3.8, 4) is 0 Å². The Morgan fingerprint density at radius 1 is 1.31 bits per heavy atom. The van der Waals surface area contributed by atoms with Crippen LogP contribution in [0.2, 0.25) is 0 Å². The van der Waals surface area contributed by atoms with Crippen molar-refractivity contribution in [1.82, 2.24) is 0 Å². The van der Waals surface area contributed by atoms with Crippen LogP contribution in [0.15, 0.2) is 42.2 Å². The fraction of sp³-hybridized carbons (Fsp3) is 0.214. The van der Waals surface area contributed by atoms with Gasteiger partial charge in [0.1, 0.15) is 5.76 Å². The second-order valence-electron chi connectivity index (χ2n) is 3.69.